The van der Waals surface area contributed by atoms with Gasteiger partial charge >= 0.3 is 0 Å². The molecule has 1 saturated carbocycles. The number of hydrogen-bond donors (Lipinski definition) is 2. The monoisotopic (exact) mass is 329 g/mol. The third kappa shape index (κ3) is 2.93. The number of amides is 2. The van der Waals surface area contributed by atoms with Gasteiger partial charge in [0.05, 0.1) is 5.41 Å². The van der Waals surface area contributed by atoms with Crippen molar-refractivity contribution in [3.63, 3.8) is 0 Å². The summed E-state index contributed by atoms with van der Waals surface area (Å²) in [6.45, 7) is 3.63. The van der Waals surface area contributed by atoms with E-state index in [1.165, 1.54) is 6.42 Å². The molecule has 0 unspecified atom stereocenters. The molecule has 3 rings (SSSR count). The molecular formula is C19H27N3O2. The molecule has 0 radical (unpaired) electrons. The lowest BCUT2D eigenvalue weighted by atomic mass is 9.67. The maximum absolute atomic E-state index is 13.0. The van der Waals surface area contributed by atoms with E-state index in [2.05, 4.69) is 10.6 Å². The van der Waals surface area contributed by atoms with E-state index in [0.717, 1.165) is 43.6 Å². The lowest BCUT2D eigenvalue weighted by Crippen LogP contribution is -2.44. The van der Waals surface area contributed by atoms with Gasteiger partial charge in [-0.3, -0.25) is 9.59 Å². The Morgan fingerprint density at radius 1 is 1.29 bits per heavy atom. The molecule has 24 heavy (non-hydrogen) atoms. The highest BCUT2D eigenvalue weighted by molar-refractivity contribution is 5.98. The Morgan fingerprint density at radius 2 is 2.08 bits per heavy atom. The molecule has 1 saturated heterocycles. The second kappa shape index (κ2) is 6.55. The van der Waals surface area contributed by atoms with Crippen LogP contribution in [0.2, 0.25) is 0 Å². The number of carbonyl (C=O) groups excluding carboxylic acids is 2. The summed E-state index contributed by atoms with van der Waals surface area (Å²) in [5, 5.41) is 6.51. The molecule has 5 heteroatoms. The molecular weight excluding hydrogens is 302 g/mol. The van der Waals surface area contributed by atoms with Gasteiger partial charge in [-0.2, -0.15) is 0 Å². The first kappa shape index (κ1) is 17.0. The molecule has 1 aromatic carbocycles. The largest absolute Gasteiger partial charge is 0.345 e. The van der Waals surface area contributed by atoms with E-state index >= 15 is 0 Å². The summed E-state index contributed by atoms with van der Waals surface area (Å²) in [4.78, 5) is 26.7. The van der Waals surface area contributed by atoms with E-state index in [1.54, 1.807) is 25.1 Å². The van der Waals surface area contributed by atoms with Gasteiger partial charge in [0.1, 0.15) is 0 Å². The van der Waals surface area contributed by atoms with Crippen molar-refractivity contribution < 1.29 is 9.59 Å². The Morgan fingerprint density at radius 3 is 2.79 bits per heavy atom. The molecule has 0 spiro atoms. The Balaban J connectivity index is 1.77. The van der Waals surface area contributed by atoms with Gasteiger partial charge < -0.3 is 15.5 Å². The van der Waals surface area contributed by atoms with Crippen molar-refractivity contribution in [3.05, 3.63) is 29.3 Å². The fourth-order valence-electron chi connectivity index (χ4n) is 4.17. The molecule has 2 N–H and O–H groups in total. The van der Waals surface area contributed by atoms with E-state index in [0.29, 0.717) is 11.5 Å². The molecule has 0 bridgehead atoms. The highest BCUT2D eigenvalue weighted by Crippen LogP contribution is 2.44. The maximum Gasteiger partial charge on any atom is 0.253 e. The highest BCUT2D eigenvalue weighted by atomic mass is 16.2. The zero-order valence-corrected chi connectivity index (χ0v) is 14.8. The quantitative estimate of drug-likeness (QED) is 0.895. The van der Waals surface area contributed by atoms with Gasteiger partial charge in [0.2, 0.25) is 5.91 Å². The Bertz CT molecular complexity index is 656. The third-order valence-corrected chi connectivity index (χ3v) is 5.61. The summed E-state index contributed by atoms with van der Waals surface area (Å²) in [5.74, 6) is 0.557. The molecule has 1 aromatic rings. The van der Waals surface area contributed by atoms with Crippen LogP contribution in [0.25, 0.3) is 0 Å². The number of benzene rings is 1. The van der Waals surface area contributed by atoms with E-state index in [1.807, 2.05) is 19.1 Å². The standard InChI is InChI=1S/C19H27N3O2/c1-13-10-15(7-8-16(13)17(23)22(2)3)21-18(24)19-9-5-4-6-14(19)11-20-12-19/h7-8,10,14,20H,4-6,9,11-12H2,1-3H3,(H,21,24)/t14-,19+/m0/s1. The lowest BCUT2D eigenvalue weighted by Gasteiger charge is -2.37. The fraction of sp³-hybridized carbons (Fsp3) is 0.579. The molecule has 2 fully saturated rings. The van der Waals surface area contributed by atoms with Crippen LogP contribution in [-0.2, 0) is 4.79 Å². The van der Waals surface area contributed by atoms with Crippen LogP contribution in [0.4, 0.5) is 5.69 Å². The number of hydrogen-bond acceptors (Lipinski definition) is 3. The minimum Gasteiger partial charge on any atom is -0.345 e. The number of fused-ring (bicyclic) bond motifs is 1. The summed E-state index contributed by atoms with van der Waals surface area (Å²) < 4.78 is 0. The topological polar surface area (TPSA) is 61.4 Å². The van der Waals surface area contributed by atoms with Gasteiger partial charge in [0, 0.05) is 31.9 Å². The van der Waals surface area contributed by atoms with Crippen LogP contribution in [0.1, 0.15) is 41.6 Å². The number of anilines is 1. The first-order valence-corrected chi connectivity index (χ1v) is 8.78. The van der Waals surface area contributed by atoms with Gasteiger partial charge in [0.15, 0.2) is 0 Å². The highest BCUT2D eigenvalue weighted by Gasteiger charge is 2.49. The number of aryl methyl sites for hydroxylation is 1. The second-order valence-corrected chi connectivity index (χ2v) is 7.41. The van der Waals surface area contributed by atoms with Crippen molar-refractivity contribution in [1.29, 1.82) is 0 Å². The van der Waals surface area contributed by atoms with Gasteiger partial charge in [-0.05, 0) is 56.0 Å². The van der Waals surface area contributed by atoms with Crippen LogP contribution in [0.5, 0.6) is 0 Å². The predicted molar refractivity (Wildman–Crippen MR) is 95.1 cm³/mol. The van der Waals surface area contributed by atoms with E-state index < -0.39 is 0 Å². The van der Waals surface area contributed by atoms with Crippen LogP contribution in [0.3, 0.4) is 0 Å². The molecule has 2 aliphatic rings. The summed E-state index contributed by atoms with van der Waals surface area (Å²) in [6, 6.07) is 5.53. The molecule has 2 atom stereocenters. The molecule has 0 aromatic heterocycles. The molecule has 130 valence electrons. The van der Waals surface area contributed by atoms with E-state index in [-0.39, 0.29) is 17.2 Å². The first-order chi connectivity index (χ1) is 11.4. The smallest absolute Gasteiger partial charge is 0.253 e. The number of carbonyl (C=O) groups is 2. The van der Waals surface area contributed by atoms with Crippen molar-refractivity contribution in [1.82, 2.24) is 10.2 Å². The zero-order chi connectivity index (χ0) is 17.3. The van der Waals surface area contributed by atoms with Crippen molar-refractivity contribution in [2.75, 3.05) is 32.5 Å². The summed E-state index contributed by atoms with van der Waals surface area (Å²) >= 11 is 0. The summed E-state index contributed by atoms with van der Waals surface area (Å²) in [7, 11) is 3.49. The number of nitrogens with one attached hydrogen (secondary N) is 2. The van der Waals surface area contributed by atoms with Gasteiger partial charge in [-0.15, -0.1) is 0 Å². The van der Waals surface area contributed by atoms with Crippen LogP contribution in [0.15, 0.2) is 18.2 Å². The zero-order valence-electron chi connectivity index (χ0n) is 14.8. The molecule has 1 aliphatic heterocycles. The lowest BCUT2D eigenvalue weighted by molar-refractivity contribution is -0.128. The molecule has 5 nitrogen and oxygen atoms in total. The average molecular weight is 329 g/mol. The average Bonchev–Trinajstić information content (AvgIpc) is 2.99. The molecule has 1 aliphatic carbocycles. The Hall–Kier alpha value is -1.88. The van der Waals surface area contributed by atoms with Crippen LogP contribution in [0, 0.1) is 18.3 Å². The molecule has 1 heterocycles. The van der Waals surface area contributed by atoms with Crippen molar-refractivity contribution in [2.24, 2.45) is 11.3 Å². The van der Waals surface area contributed by atoms with Crippen molar-refractivity contribution in [2.45, 2.75) is 32.6 Å². The predicted octanol–water partition coefficient (Wildman–Crippen LogP) is 2.42. The maximum atomic E-state index is 13.0. The third-order valence-electron chi connectivity index (χ3n) is 5.61. The number of rotatable bonds is 3. The van der Waals surface area contributed by atoms with Crippen molar-refractivity contribution >= 4 is 17.5 Å². The first-order valence-electron chi connectivity index (χ1n) is 8.78. The Kier molecular flexibility index (Phi) is 4.63. The summed E-state index contributed by atoms with van der Waals surface area (Å²) in [6.07, 6.45) is 4.45. The minimum absolute atomic E-state index is 0.0173. The molecule has 2 amide bonds. The second-order valence-electron chi connectivity index (χ2n) is 7.41. The Labute approximate surface area is 143 Å². The van der Waals surface area contributed by atoms with E-state index in [9.17, 15) is 9.59 Å². The summed E-state index contributed by atoms with van der Waals surface area (Å²) in [5.41, 5.74) is 2.07. The minimum atomic E-state index is -0.260. The SMILES string of the molecule is Cc1cc(NC(=O)[C@@]23CCCC[C@H]2CNC3)ccc1C(=O)N(C)C. The normalized spacial score (nSPS) is 25.9. The van der Waals surface area contributed by atoms with Crippen LogP contribution in [-0.4, -0.2) is 43.9 Å². The van der Waals surface area contributed by atoms with Crippen molar-refractivity contribution in [3.8, 4) is 0 Å². The number of nitrogens with zero attached hydrogens (tertiary/aromatic N) is 1. The van der Waals surface area contributed by atoms with E-state index in [4.69, 9.17) is 0 Å². The van der Waals surface area contributed by atoms with Crippen LogP contribution < -0.4 is 10.6 Å². The van der Waals surface area contributed by atoms with Gasteiger partial charge in [0.25, 0.3) is 5.91 Å². The van der Waals surface area contributed by atoms with Gasteiger partial charge in [-0.1, -0.05) is 12.8 Å². The van der Waals surface area contributed by atoms with Crippen LogP contribution >= 0.6 is 0 Å². The van der Waals surface area contributed by atoms with Gasteiger partial charge in [-0.25, -0.2) is 0 Å². The fourth-order valence-corrected chi connectivity index (χ4v) is 4.17.